The zero-order valence-electron chi connectivity index (χ0n) is 17.5. The topological polar surface area (TPSA) is 59.7 Å². The molecule has 0 N–H and O–H groups in total. The molecule has 0 saturated carbocycles. The number of ether oxygens (including phenoxy) is 1. The average Bonchev–Trinajstić information content (AvgIpc) is 3.27. The summed E-state index contributed by atoms with van der Waals surface area (Å²) >= 11 is 3.48. The van der Waals surface area contributed by atoms with E-state index < -0.39 is 0 Å². The van der Waals surface area contributed by atoms with Crippen molar-refractivity contribution in [2.75, 3.05) is 13.1 Å². The van der Waals surface area contributed by atoms with Gasteiger partial charge in [0.15, 0.2) is 5.65 Å². The Morgan fingerprint density at radius 3 is 2.66 bits per heavy atom. The molecule has 162 valence electrons. The molecule has 0 radical (unpaired) electrons. The highest BCUT2D eigenvalue weighted by Crippen LogP contribution is 2.29. The van der Waals surface area contributed by atoms with Gasteiger partial charge in [0.1, 0.15) is 18.2 Å². The Bertz CT molecular complexity index is 1250. The van der Waals surface area contributed by atoms with Crippen LogP contribution in [0.4, 0.5) is 0 Å². The molecule has 32 heavy (non-hydrogen) atoms. The number of rotatable bonds is 5. The largest absolute Gasteiger partial charge is 0.488 e. The van der Waals surface area contributed by atoms with Crippen molar-refractivity contribution in [1.29, 1.82) is 0 Å². The molecule has 4 aromatic rings. The van der Waals surface area contributed by atoms with Crippen LogP contribution in [0.3, 0.4) is 0 Å². The van der Waals surface area contributed by atoms with E-state index in [9.17, 15) is 4.79 Å². The molecule has 0 bridgehead atoms. The van der Waals surface area contributed by atoms with Gasteiger partial charge >= 0.3 is 0 Å². The normalized spacial score (nSPS) is 14.6. The van der Waals surface area contributed by atoms with E-state index in [4.69, 9.17) is 4.74 Å². The van der Waals surface area contributed by atoms with Crippen LogP contribution < -0.4 is 4.74 Å². The number of nitrogens with zero attached hydrogens (tertiary/aromatic N) is 4. The molecule has 1 aliphatic heterocycles. The number of hydrogen-bond donors (Lipinski definition) is 0. The second-order valence-corrected chi connectivity index (χ2v) is 8.88. The Morgan fingerprint density at radius 1 is 1.00 bits per heavy atom. The van der Waals surface area contributed by atoms with Gasteiger partial charge in [-0.2, -0.15) is 0 Å². The van der Waals surface area contributed by atoms with E-state index in [1.165, 1.54) is 0 Å². The maximum absolute atomic E-state index is 13.3. The Hall–Kier alpha value is -3.19. The number of para-hydroxylation sites is 1. The first kappa shape index (κ1) is 20.7. The average molecular weight is 491 g/mol. The zero-order valence-corrected chi connectivity index (χ0v) is 19.1. The van der Waals surface area contributed by atoms with Crippen LogP contribution in [0.2, 0.25) is 0 Å². The third kappa shape index (κ3) is 4.25. The lowest BCUT2D eigenvalue weighted by Gasteiger charge is -2.31. The minimum absolute atomic E-state index is 0.0133. The number of fused-ring (bicyclic) bond motifs is 1. The molecule has 0 spiro atoms. The Labute approximate surface area is 195 Å². The summed E-state index contributed by atoms with van der Waals surface area (Å²) in [5.74, 6) is 1.90. The Kier molecular flexibility index (Phi) is 5.90. The highest BCUT2D eigenvalue weighted by Gasteiger charge is 2.28. The van der Waals surface area contributed by atoms with Crippen LogP contribution in [-0.4, -0.2) is 38.5 Å². The van der Waals surface area contributed by atoms with Crippen molar-refractivity contribution in [2.24, 2.45) is 0 Å². The first-order valence-electron chi connectivity index (χ1n) is 10.7. The molecule has 2 aromatic carbocycles. The van der Waals surface area contributed by atoms with E-state index in [0.717, 1.165) is 34.3 Å². The maximum Gasteiger partial charge on any atom is 0.257 e. The number of aromatic nitrogens is 3. The third-order valence-electron chi connectivity index (χ3n) is 5.89. The van der Waals surface area contributed by atoms with E-state index in [1.807, 2.05) is 82.2 Å². The number of piperidine rings is 1. The van der Waals surface area contributed by atoms with Crippen LogP contribution in [0, 0.1) is 0 Å². The molecule has 1 aliphatic rings. The monoisotopic (exact) mass is 490 g/mol. The maximum atomic E-state index is 13.3. The lowest BCUT2D eigenvalue weighted by molar-refractivity contribution is 0.0706. The molecule has 1 amide bonds. The Morgan fingerprint density at radius 2 is 1.81 bits per heavy atom. The summed E-state index contributed by atoms with van der Waals surface area (Å²) in [6, 6.07) is 21.4. The van der Waals surface area contributed by atoms with Crippen LogP contribution in [-0.2, 0) is 6.61 Å². The molecular weight excluding hydrogens is 468 g/mol. The van der Waals surface area contributed by atoms with Crippen molar-refractivity contribution in [1.82, 2.24) is 19.5 Å². The van der Waals surface area contributed by atoms with Gasteiger partial charge in [0.25, 0.3) is 5.91 Å². The highest BCUT2D eigenvalue weighted by atomic mass is 79.9. The minimum atomic E-state index is 0.0133. The molecule has 6 nitrogen and oxygen atoms in total. The van der Waals surface area contributed by atoms with Gasteiger partial charge in [0.05, 0.1) is 5.56 Å². The van der Waals surface area contributed by atoms with Crippen molar-refractivity contribution in [3.05, 3.63) is 94.4 Å². The quantitative estimate of drug-likeness (QED) is 0.390. The van der Waals surface area contributed by atoms with Gasteiger partial charge in [-0.1, -0.05) is 46.3 Å². The van der Waals surface area contributed by atoms with Crippen molar-refractivity contribution in [3.8, 4) is 5.75 Å². The summed E-state index contributed by atoms with van der Waals surface area (Å²) in [6.45, 7) is 1.78. The lowest BCUT2D eigenvalue weighted by Crippen LogP contribution is -2.38. The predicted molar refractivity (Wildman–Crippen MR) is 126 cm³/mol. The fourth-order valence-corrected chi connectivity index (χ4v) is 4.65. The molecule has 5 rings (SSSR count). The van der Waals surface area contributed by atoms with E-state index in [-0.39, 0.29) is 5.91 Å². The molecule has 0 aliphatic carbocycles. The van der Waals surface area contributed by atoms with Crippen LogP contribution >= 0.6 is 15.9 Å². The first-order valence-corrected chi connectivity index (χ1v) is 11.5. The van der Waals surface area contributed by atoms with Crippen molar-refractivity contribution < 1.29 is 9.53 Å². The van der Waals surface area contributed by atoms with Crippen LogP contribution in [0.15, 0.2) is 77.4 Å². The molecule has 2 aromatic heterocycles. The summed E-state index contributed by atoms with van der Waals surface area (Å²) < 4.78 is 9.08. The summed E-state index contributed by atoms with van der Waals surface area (Å²) in [6.07, 6.45) is 3.73. The van der Waals surface area contributed by atoms with Gasteiger partial charge in [-0.15, -0.1) is 10.2 Å². The fraction of sp³-hybridized carbons (Fsp3) is 0.240. The van der Waals surface area contributed by atoms with Crippen molar-refractivity contribution in [2.45, 2.75) is 25.4 Å². The number of hydrogen-bond acceptors (Lipinski definition) is 4. The van der Waals surface area contributed by atoms with E-state index in [1.54, 1.807) is 0 Å². The molecule has 1 saturated heterocycles. The molecular formula is C25H23BrN4O2. The number of carbonyl (C=O) groups excluding carboxylic acids is 1. The minimum Gasteiger partial charge on any atom is -0.488 e. The number of halogens is 1. The van der Waals surface area contributed by atoms with Crippen LogP contribution in [0.1, 0.15) is 40.5 Å². The van der Waals surface area contributed by atoms with Gasteiger partial charge in [0.2, 0.25) is 0 Å². The first-order chi connectivity index (χ1) is 15.7. The van der Waals surface area contributed by atoms with Gasteiger partial charge in [-0.25, -0.2) is 0 Å². The van der Waals surface area contributed by atoms with Crippen LogP contribution in [0.25, 0.3) is 5.65 Å². The second-order valence-electron chi connectivity index (χ2n) is 7.97. The summed E-state index contributed by atoms with van der Waals surface area (Å²) in [5.41, 5.74) is 2.51. The van der Waals surface area contributed by atoms with Gasteiger partial charge in [-0.3, -0.25) is 9.20 Å². The number of pyridine rings is 1. The summed E-state index contributed by atoms with van der Waals surface area (Å²) in [5, 5.41) is 8.68. The smallest absolute Gasteiger partial charge is 0.257 e. The predicted octanol–water partition coefficient (Wildman–Crippen LogP) is 5.09. The SMILES string of the molecule is O=C(c1ccccc1OCc1cccc(Br)c1)N1CCC(c2nnc3ccccn23)CC1. The molecule has 0 atom stereocenters. The third-order valence-corrected chi connectivity index (χ3v) is 6.38. The molecule has 1 fully saturated rings. The summed E-state index contributed by atoms with van der Waals surface area (Å²) in [4.78, 5) is 15.2. The van der Waals surface area contributed by atoms with Crippen molar-refractivity contribution >= 4 is 27.5 Å². The van der Waals surface area contributed by atoms with Gasteiger partial charge in [-0.05, 0) is 54.8 Å². The molecule has 7 heteroatoms. The number of carbonyl (C=O) groups is 1. The fourth-order valence-electron chi connectivity index (χ4n) is 4.21. The molecule has 3 heterocycles. The van der Waals surface area contributed by atoms with E-state index in [2.05, 4.69) is 26.1 Å². The van der Waals surface area contributed by atoms with E-state index in [0.29, 0.717) is 36.9 Å². The number of amides is 1. The van der Waals surface area contributed by atoms with Gasteiger partial charge in [0, 0.05) is 29.7 Å². The number of benzene rings is 2. The number of likely N-dealkylation sites (tertiary alicyclic amines) is 1. The second kappa shape index (κ2) is 9.12. The van der Waals surface area contributed by atoms with Crippen molar-refractivity contribution in [3.63, 3.8) is 0 Å². The van der Waals surface area contributed by atoms with E-state index >= 15 is 0 Å². The standard InChI is InChI=1S/C25H23BrN4O2/c26-20-7-5-6-18(16-20)17-32-22-9-2-1-8-21(22)25(31)29-14-11-19(12-15-29)24-28-27-23-10-3-4-13-30(23)24/h1-10,13,16,19H,11-12,14-15,17H2. The zero-order chi connectivity index (χ0) is 21.9. The molecule has 0 unspecified atom stereocenters. The van der Waals surface area contributed by atoms with Crippen LogP contribution in [0.5, 0.6) is 5.75 Å². The van der Waals surface area contributed by atoms with Gasteiger partial charge < -0.3 is 9.64 Å². The Balaban J connectivity index is 1.26. The summed E-state index contributed by atoms with van der Waals surface area (Å²) in [7, 11) is 0. The lowest BCUT2D eigenvalue weighted by atomic mass is 9.95. The highest BCUT2D eigenvalue weighted by molar-refractivity contribution is 9.10.